The molecule has 5 amide bonds. The number of amides is 5. The van der Waals surface area contributed by atoms with E-state index in [1.807, 2.05) is 0 Å². The van der Waals surface area contributed by atoms with Gasteiger partial charge in [0.2, 0.25) is 6.29 Å². The van der Waals surface area contributed by atoms with Crippen molar-refractivity contribution in [1.29, 1.82) is 0 Å². The monoisotopic (exact) mass is 523 g/mol. The van der Waals surface area contributed by atoms with Crippen LogP contribution in [0, 0.1) is 9.81 Å². The third-order valence-corrected chi connectivity index (χ3v) is 6.22. The van der Waals surface area contributed by atoms with E-state index in [4.69, 9.17) is 17.4 Å². The van der Waals surface area contributed by atoms with Gasteiger partial charge in [0.15, 0.2) is 0 Å². The van der Waals surface area contributed by atoms with E-state index in [0.717, 1.165) is 9.91 Å². The van der Waals surface area contributed by atoms with Crippen LogP contribution in [0.2, 0.25) is 5.02 Å². The molecular formula is C24H22ClN7O5. The van der Waals surface area contributed by atoms with Crippen molar-refractivity contribution in [2.75, 3.05) is 5.32 Å². The predicted molar refractivity (Wildman–Crippen MR) is 137 cm³/mol. The Morgan fingerprint density at radius 1 is 1.08 bits per heavy atom. The molecule has 190 valence electrons. The molecule has 3 aromatic rings. The first-order valence-corrected chi connectivity index (χ1v) is 11.5. The summed E-state index contributed by atoms with van der Waals surface area (Å²) in [5.41, 5.74) is 1.49. The Hall–Kier alpha value is -4.42. The first kappa shape index (κ1) is 25.7. The summed E-state index contributed by atoms with van der Waals surface area (Å²) in [5.74, 6) is 5.19. The predicted octanol–water partition coefficient (Wildman–Crippen LogP) is 4.89. The summed E-state index contributed by atoms with van der Waals surface area (Å²) in [6, 6.07) is 14.4. The van der Waals surface area contributed by atoms with Crippen LogP contribution in [0.5, 0.6) is 0 Å². The second-order valence-electron chi connectivity index (χ2n) is 8.46. The number of nitrogens with one attached hydrogen (secondary N) is 1. The molecule has 1 fully saturated rings. The molecule has 12 nitrogen and oxygen atoms in total. The van der Waals surface area contributed by atoms with E-state index in [0.29, 0.717) is 27.0 Å². The molecular weight excluding hydrogens is 502 g/mol. The second kappa shape index (κ2) is 10.7. The molecule has 0 aromatic heterocycles. The lowest BCUT2D eigenvalue weighted by Gasteiger charge is -2.47. The van der Waals surface area contributed by atoms with Crippen molar-refractivity contribution in [2.24, 2.45) is 16.2 Å². The molecule has 1 unspecified atom stereocenters. The van der Waals surface area contributed by atoms with Gasteiger partial charge in [0.25, 0.3) is 5.91 Å². The SMILES string of the molecule is C[C@@H](CC(=O)N=O)N1C(=O)N(N)C(Nc2ccc3c(N=O)cccc3c2)N(Cc2ccc(Cl)cc2)C1=O. The number of nitroso groups, excluding NO2 is 2. The van der Waals surface area contributed by atoms with Crippen LogP contribution in [0.25, 0.3) is 10.8 Å². The van der Waals surface area contributed by atoms with Crippen molar-refractivity contribution >= 4 is 51.7 Å². The van der Waals surface area contributed by atoms with Crippen LogP contribution < -0.4 is 11.2 Å². The molecule has 0 bridgehead atoms. The highest BCUT2D eigenvalue weighted by Gasteiger charge is 2.45. The summed E-state index contributed by atoms with van der Waals surface area (Å²) >= 11 is 5.99. The van der Waals surface area contributed by atoms with E-state index in [1.165, 1.54) is 11.8 Å². The van der Waals surface area contributed by atoms with Crippen LogP contribution in [0.15, 0.2) is 71.0 Å². The highest BCUT2D eigenvalue weighted by molar-refractivity contribution is 6.30. The number of imide groups is 1. The maximum absolute atomic E-state index is 13.6. The Labute approximate surface area is 215 Å². The molecule has 0 saturated carbocycles. The molecule has 0 aliphatic carbocycles. The molecule has 1 aliphatic rings. The minimum Gasteiger partial charge on any atom is -0.347 e. The number of halogens is 1. The quantitative estimate of drug-likeness (QED) is 0.241. The van der Waals surface area contributed by atoms with Gasteiger partial charge in [-0.3, -0.25) is 9.69 Å². The second-order valence-corrected chi connectivity index (χ2v) is 8.89. The Morgan fingerprint density at radius 3 is 2.49 bits per heavy atom. The van der Waals surface area contributed by atoms with Crippen molar-refractivity contribution in [3.63, 3.8) is 0 Å². The lowest BCUT2D eigenvalue weighted by molar-refractivity contribution is -0.118. The molecule has 1 saturated heterocycles. The number of carbonyl (C=O) groups excluding carboxylic acids is 3. The van der Waals surface area contributed by atoms with E-state index in [1.54, 1.807) is 60.7 Å². The van der Waals surface area contributed by atoms with Gasteiger partial charge in [0.05, 0.1) is 13.0 Å². The Morgan fingerprint density at radius 2 is 1.81 bits per heavy atom. The number of hydrazine groups is 1. The van der Waals surface area contributed by atoms with Crippen molar-refractivity contribution in [3.05, 3.63) is 81.1 Å². The molecule has 0 spiro atoms. The van der Waals surface area contributed by atoms with Crippen molar-refractivity contribution in [3.8, 4) is 0 Å². The summed E-state index contributed by atoms with van der Waals surface area (Å²) in [6.07, 6.45) is -1.57. The number of hydrogen-bond acceptors (Lipinski definition) is 8. The van der Waals surface area contributed by atoms with Crippen LogP contribution in [0.3, 0.4) is 0 Å². The number of carbonyl (C=O) groups is 3. The summed E-state index contributed by atoms with van der Waals surface area (Å²) < 4.78 is 0. The van der Waals surface area contributed by atoms with E-state index < -0.39 is 36.7 Å². The smallest absolute Gasteiger partial charge is 0.345 e. The van der Waals surface area contributed by atoms with E-state index in [-0.39, 0.29) is 12.2 Å². The molecule has 0 radical (unpaired) electrons. The molecule has 2 atom stereocenters. The molecule has 37 heavy (non-hydrogen) atoms. The minimum absolute atomic E-state index is 0.0323. The van der Waals surface area contributed by atoms with Gasteiger partial charge in [0.1, 0.15) is 5.69 Å². The highest BCUT2D eigenvalue weighted by Crippen LogP contribution is 2.30. The minimum atomic E-state index is -1.12. The van der Waals surface area contributed by atoms with Gasteiger partial charge < -0.3 is 5.32 Å². The van der Waals surface area contributed by atoms with E-state index in [9.17, 15) is 24.2 Å². The van der Waals surface area contributed by atoms with Gasteiger partial charge in [-0.2, -0.15) is 0 Å². The number of urea groups is 2. The average molecular weight is 524 g/mol. The van der Waals surface area contributed by atoms with Gasteiger partial charge in [0, 0.05) is 27.3 Å². The van der Waals surface area contributed by atoms with E-state index >= 15 is 0 Å². The van der Waals surface area contributed by atoms with Gasteiger partial charge in [-0.25, -0.2) is 25.3 Å². The van der Waals surface area contributed by atoms with Gasteiger partial charge in [-0.05, 0) is 53.4 Å². The maximum atomic E-state index is 13.6. The van der Waals surface area contributed by atoms with Crippen molar-refractivity contribution < 1.29 is 14.4 Å². The Balaban J connectivity index is 1.70. The largest absolute Gasteiger partial charge is 0.347 e. The number of rotatable bonds is 8. The standard InChI is InChI=1S/C24H22ClN7O5/c1-14(11-21(33)29-37)31-23(34)30(13-15-5-7-17(25)8-6-15)22(32(26)24(31)35)27-18-9-10-19-16(12-18)3-2-4-20(19)28-36/h2-10,12,14,22,27H,11,13,26H2,1H3/t14-,22?/m0/s1. The van der Waals surface area contributed by atoms with Gasteiger partial charge >= 0.3 is 12.1 Å². The third kappa shape index (κ3) is 5.25. The number of nitrogens with two attached hydrogens (primary N) is 1. The fraction of sp³-hybridized carbons (Fsp3) is 0.208. The van der Waals surface area contributed by atoms with E-state index in [2.05, 4.69) is 15.7 Å². The van der Waals surface area contributed by atoms with Crippen molar-refractivity contribution in [2.45, 2.75) is 32.2 Å². The van der Waals surface area contributed by atoms with Crippen LogP contribution in [0.1, 0.15) is 18.9 Å². The summed E-state index contributed by atoms with van der Waals surface area (Å²) in [7, 11) is 0. The lowest BCUT2D eigenvalue weighted by atomic mass is 10.1. The summed E-state index contributed by atoms with van der Waals surface area (Å²) in [5, 5.41) is 11.2. The zero-order valence-electron chi connectivity index (χ0n) is 19.6. The fourth-order valence-electron chi connectivity index (χ4n) is 4.14. The van der Waals surface area contributed by atoms with Crippen molar-refractivity contribution in [1.82, 2.24) is 14.8 Å². The molecule has 1 heterocycles. The average Bonchev–Trinajstić information content (AvgIpc) is 2.89. The Bertz CT molecular complexity index is 1380. The fourth-order valence-corrected chi connectivity index (χ4v) is 4.26. The van der Waals surface area contributed by atoms with Crippen LogP contribution in [0.4, 0.5) is 21.0 Å². The Kier molecular flexibility index (Phi) is 7.41. The zero-order chi connectivity index (χ0) is 26.7. The number of anilines is 1. The number of nitrogens with zero attached hydrogens (tertiary/aromatic N) is 5. The lowest BCUT2D eigenvalue weighted by Crippen LogP contribution is -2.71. The topological polar surface area (TPSA) is 158 Å². The first-order valence-electron chi connectivity index (χ1n) is 11.1. The number of hydrogen-bond donors (Lipinski definition) is 2. The maximum Gasteiger partial charge on any atom is 0.345 e. The normalized spacial score (nSPS) is 16.6. The first-order chi connectivity index (χ1) is 17.7. The summed E-state index contributed by atoms with van der Waals surface area (Å²) in [4.78, 5) is 62.1. The molecule has 1 aliphatic heterocycles. The van der Waals surface area contributed by atoms with Crippen LogP contribution in [-0.4, -0.2) is 45.1 Å². The third-order valence-electron chi connectivity index (χ3n) is 5.97. The zero-order valence-corrected chi connectivity index (χ0v) is 20.3. The molecule has 3 N–H and O–H groups in total. The molecule has 4 rings (SSSR count). The van der Waals surface area contributed by atoms with Gasteiger partial charge in [-0.1, -0.05) is 41.9 Å². The van der Waals surface area contributed by atoms with Gasteiger partial charge in [-0.15, -0.1) is 9.81 Å². The number of fused-ring (bicyclic) bond motifs is 1. The highest BCUT2D eigenvalue weighted by atomic mass is 35.5. The molecule has 13 heteroatoms. The molecule has 3 aromatic carbocycles. The van der Waals surface area contributed by atoms with Crippen LogP contribution >= 0.6 is 11.6 Å². The summed E-state index contributed by atoms with van der Waals surface area (Å²) in [6.45, 7) is 1.48. The van der Waals surface area contributed by atoms with Crippen LogP contribution in [-0.2, 0) is 11.3 Å². The number of benzene rings is 3.